The predicted molar refractivity (Wildman–Crippen MR) is 86.4 cm³/mol. The van der Waals surface area contributed by atoms with Crippen molar-refractivity contribution in [2.24, 2.45) is 5.92 Å². The number of allylic oxidation sites excluding steroid dienone is 3. The highest BCUT2D eigenvalue weighted by Gasteiger charge is 2.33. The summed E-state index contributed by atoms with van der Waals surface area (Å²) in [5.74, 6) is 0.556. The average molecular weight is 305 g/mol. The first kappa shape index (κ1) is 16.8. The molecule has 4 nitrogen and oxygen atoms in total. The molecule has 22 heavy (non-hydrogen) atoms. The summed E-state index contributed by atoms with van der Waals surface area (Å²) in [4.78, 5) is 26.1. The van der Waals surface area contributed by atoms with Crippen molar-refractivity contribution in [3.63, 3.8) is 0 Å². The van der Waals surface area contributed by atoms with Crippen LogP contribution in [0.2, 0.25) is 0 Å². The molecule has 2 rings (SSSR count). The third-order valence-electron chi connectivity index (χ3n) is 3.95. The Morgan fingerprint density at radius 2 is 2.00 bits per heavy atom. The molecular formula is C18H27NO3. The van der Waals surface area contributed by atoms with Crippen molar-refractivity contribution in [3.8, 4) is 0 Å². The van der Waals surface area contributed by atoms with E-state index in [1.54, 1.807) is 11.0 Å². The molecule has 4 heteroatoms. The van der Waals surface area contributed by atoms with E-state index in [1.807, 2.05) is 20.8 Å². The first-order chi connectivity index (χ1) is 10.2. The molecule has 1 atom stereocenters. The highest BCUT2D eigenvalue weighted by molar-refractivity contribution is 5.92. The number of hydrogen-bond acceptors (Lipinski definition) is 3. The molecule has 0 N–H and O–H groups in total. The third-order valence-corrected chi connectivity index (χ3v) is 3.95. The van der Waals surface area contributed by atoms with Crippen molar-refractivity contribution in [1.29, 1.82) is 0 Å². The van der Waals surface area contributed by atoms with Crippen LogP contribution in [0.25, 0.3) is 0 Å². The van der Waals surface area contributed by atoms with E-state index in [0.29, 0.717) is 18.9 Å². The van der Waals surface area contributed by atoms with Crippen LogP contribution in [0, 0.1) is 5.92 Å². The quantitative estimate of drug-likeness (QED) is 0.729. The maximum Gasteiger partial charge on any atom is 0.414 e. The second-order valence-electron chi connectivity index (χ2n) is 7.52. The molecule has 1 aliphatic heterocycles. The lowest BCUT2D eigenvalue weighted by Gasteiger charge is -2.37. The number of amides is 1. The minimum absolute atomic E-state index is 0.157. The van der Waals surface area contributed by atoms with Gasteiger partial charge in [-0.1, -0.05) is 6.92 Å². The number of rotatable bonds is 1. The summed E-state index contributed by atoms with van der Waals surface area (Å²) in [5, 5.41) is 0. The van der Waals surface area contributed by atoms with E-state index < -0.39 is 5.60 Å². The summed E-state index contributed by atoms with van der Waals surface area (Å²) < 4.78 is 5.56. The fourth-order valence-electron chi connectivity index (χ4n) is 3.23. The van der Waals surface area contributed by atoms with E-state index in [4.69, 9.17) is 4.74 Å². The van der Waals surface area contributed by atoms with Crippen LogP contribution in [-0.2, 0) is 9.53 Å². The molecule has 1 heterocycles. The van der Waals surface area contributed by atoms with Gasteiger partial charge >= 0.3 is 6.09 Å². The van der Waals surface area contributed by atoms with Gasteiger partial charge in [0.1, 0.15) is 5.60 Å². The lowest BCUT2D eigenvalue weighted by molar-refractivity contribution is -0.115. The normalized spacial score (nSPS) is 23.5. The lowest BCUT2D eigenvalue weighted by Crippen LogP contribution is -2.42. The van der Waals surface area contributed by atoms with Crippen LogP contribution >= 0.6 is 0 Å². The molecule has 0 spiro atoms. The van der Waals surface area contributed by atoms with Gasteiger partial charge in [0.15, 0.2) is 5.78 Å². The van der Waals surface area contributed by atoms with E-state index in [1.165, 1.54) is 5.57 Å². The Morgan fingerprint density at radius 1 is 1.32 bits per heavy atom. The van der Waals surface area contributed by atoms with Gasteiger partial charge in [-0.2, -0.15) is 0 Å². The molecule has 0 radical (unpaired) electrons. The zero-order chi connectivity index (χ0) is 16.5. The Kier molecular flexibility index (Phi) is 4.78. The Bertz CT molecular complexity index is 537. The van der Waals surface area contributed by atoms with Gasteiger partial charge in [-0.15, -0.1) is 0 Å². The average Bonchev–Trinajstić information content (AvgIpc) is 2.35. The number of ketones is 1. The second-order valence-corrected chi connectivity index (χ2v) is 7.52. The summed E-state index contributed by atoms with van der Waals surface area (Å²) in [6.07, 6.45) is 4.69. The van der Waals surface area contributed by atoms with Crippen molar-refractivity contribution in [2.75, 3.05) is 6.54 Å². The maximum absolute atomic E-state index is 12.6. The lowest BCUT2D eigenvalue weighted by atomic mass is 9.87. The van der Waals surface area contributed by atoms with E-state index >= 15 is 0 Å². The number of ether oxygens (including phenoxy) is 1. The van der Waals surface area contributed by atoms with Gasteiger partial charge in [-0.3, -0.25) is 9.69 Å². The summed E-state index contributed by atoms with van der Waals surface area (Å²) in [6, 6.07) is 0. The smallest absolute Gasteiger partial charge is 0.414 e. The van der Waals surface area contributed by atoms with Crippen LogP contribution in [-0.4, -0.2) is 28.9 Å². The van der Waals surface area contributed by atoms with Gasteiger partial charge in [-0.25, -0.2) is 4.79 Å². The fraction of sp³-hybridized carbons (Fsp3) is 0.667. The first-order valence-electron chi connectivity index (χ1n) is 8.11. The topological polar surface area (TPSA) is 46.6 Å². The summed E-state index contributed by atoms with van der Waals surface area (Å²) in [7, 11) is 0. The summed E-state index contributed by atoms with van der Waals surface area (Å²) in [5.41, 5.74) is 2.56. The van der Waals surface area contributed by atoms with Crippen LogP contribution in [0.5, 0.6) is 0 Å². The zero-order valence-electron chi connectivity index (χ0n) is 14.4. The van der Waals surface area contributed by atoms with Crippen LogP contribution in [0.15, 0.2) is 22.9 Å². The first-order valence-corrected chi connectivity index (χ1v) is 8.11. The maximum atomic E-state index is 12.6. The molecule has 1 unspecified atom stereocenters. The van der Waals surface area contributed by atoms with E-state index in [2.05, 4.69) is 13.8 Å². The van der Waals surface area contributed by atoms with Crippen LogP contribution in [0.1, 0.15) is 60.3 Å². The van der Waals surface area contributed by atoms with Gasteiger partial charge < -0.3 is 4.74 Å². The molecular weight excluding hydrogens is 278 g/mol. The zero-order valence-corrected chi connectivity index (χ0v) is 14.4. The summed E-state index contributed by atoms with van der Waals surface area (Å²) >= 11 is 0. The van der Waals surface area contributed by atoms with Crippen molar-refractivity contribution in [1.82, 2.24) is 4.90 Å². The molecule has 0 bridgehead atoms. The third kappa shape index (κ3) is 3.99. The molecule has 0 aromatic heterocycles. The van der Waals surface area contributed by atoms with E-state index in [9.17, 15) is 9.59 Å². The molecule has 1 aliphatic carbocycles. The standard InChI is InChI=1S/C18H27NO3/c1-12-9-13(2)16(14-7-6-8-15(20)10-14)19(11-12)17(21)22-18(3,4)5/h10,12H,6-9,11H2,1-5H3. The molecule has 0 aromatic carbocycles. The van der Waals surface area contributed by atoms with Crippen LogP contribution < -0.4 is 0 Å². The Balaban J connectivity index is 2.35. The highest BCUT2D eigenvalue weighted by atomic mass is 16.6. The molecule has 0 fully saturated rings. The Morgan fingerprint density at radius 3 is 2.59 bits per heavy atom. The van der Waals surface area contributed by atoms with Crippen molar-refractivity contribution >= 4 is 11.9 Å². The molecule has 122 valence electrons. The van der Waals surface area contributed by atoms with Gasteiger partial charge in [0.25, 0.3) is 0 Å². The van der Waals surface area contributed by atoms with E-state index in [0.717, 1.165) is 30.5 Å². The minimum Gasteiger partial charge on any atom is -0.443 e. The van der Waals surface area contributed by atoms with E-state index in [-0.39, 0.29) is 11.9 Å². The van der Waals surface area contributed by atoms with Gasteiger partial charge in [0.05, 0.1) is 0 Å². The van der Waals surface area contributed by atoms with Crippen LogP contribution in [0.3, 0.4) is 0 Å². The number of hydrogen-bond donors (Lipinski definition) is 0. The van der Waals surface area contributed by atoms with Crippen LogP contribution in [0.4, 0.5) is 4.79 Å². The number of carbonyl (C=O) groups is 2. The van der Waals surface area contributed by atoms with Crippen molar-refractivity contribution < 1.29 is 14.3 Å². The number of nitrogens with zero attached hydrogens (tertiary/aromatic N) is 1. The summed E-state index contributed by atoms with van der Waals surface area (Å²) in [6.45, 7) is 10.5. The highest BCUT2D eigenvalue weighted by Crippen LogP contribution is 2.35. The monoisotopic (exact) mass is 305 g/mol. The van der Waals surface area contributed by atoms with Gasteiger partial charge in [-0.05, 0) is 70.1 Å². The largest absolute Gasteiger partial charge is 0.443 e. The van der Waals surface area contributed by atoms with Gasteiger partial charge in [0, 0.05) is 18.7 Å². The molecule has 1 amide bonds. The minimum atomic E-state index is -0.520. The Hall–Kier alpha value is -1.58. The molecule has 2 aliphatic rings. The molecule has 0 aromatic rings. The Labute approximate surface area is 133 Å². The second kappa shape index (κ2) is 6.27. The van der Waals surface area contributed by atoms with Crippen molar-refractivity contribution in [3.05, 3.63) is 22.9 Å². The fourth-order valence-corrected chi connectivity index (χ4v) is 3.23. The van der Waals surface area contributed by atoms with Crippen molar-refractivity contribution in [2.45, 2.75) is 65.9 Å². The molecule has 0 saturated carbocycles. The predicted octanol–water partition coefficient (Wildman–Crippen LogP) is 4.22. The number of carbonyl (C=O) groups excluding carboxylic acids is 2. The molecule has 0 saturated heterocycles. The van der Waals surface area contributed by atoms with Gasteiger partial charge in [0.2, 0.25) is 0 Å². The SMILES string of the molecule is CC1=C(C2=CC(=O)CCC2)N(C(=O)OC(C)(C)C)CC(C)C1.